The largest absolute Gasteiger partial charge is 0.481 e. The number of thioether (sulfide) groups is 1. The maximum absolute atomic E-state index is 5.12. The summed E-state index contributed by atoms with van der Waals surface area (Å²) in [5.74, 6) is 3.92. The van der Waals surface area contributed by atoms with E-state index in [0.717, 1.165) is 29.6 Å². The molecule has 1 aliphatic rings. The lowest BCUT2D eigenvalue weighted by atomic mass is 10.2. The molecule has 2 aromatic rings. The van der Waals surface area contributed by atoms with Gasteiger partial charge in [0.1, 0.15) is 17.8 Å². The fourth-order valence-corrected chi connectivity index (χ4v) is 3.09. The van der Waals surface area contributed by atoms with Crippen molar-refractivity contribution >= 4 is 17.6 Å². The third-order valence-corrected chi connectivity index (χ3v) is 3.97. The van der Waals surface area contributed by atoms with Gasteiger partial charge in [-0.2, -0.15) is 11.8 Å². The first-order valence-corrected chi connectivity index (χ1v) is 7.55. The molecule has 1 N–H and O–H groups in total. The highest BCUT2D eigenvalue weighted by atomic mass is 32.2. The van der Waals surface area contributed by atoms with Gasteiger partial charge in [0, 0.05) is 29.7 Å². The van der Waals surface area contributed by atoms with Crippen LogP contribution in [0.25, 0.3) is 11.5 Å². The smallest absolute Gasteiger partial charge is 0.216 e. The van der Waals surface area contributed by atoms with Crippen molar-refractivity contribution in [1.82, 2.24) is 19.9 Å². The van der Waals surface area contributed by atoms with E-state index in [9.17, 15) is 0 Å². The summed E-state index contributed by atoms with van der Waals surface area (Å²) in [4.78, 5) is 17.5. The van der Waals surface area contributed by atoms with E-state index in [1.165, 1.54) is 11.9 Å². The van der Waals surface area contributed by atoms with E-state index in [2.05, 4.69) is 32.2 Å². The number of ether oxygens (including phenoxy) is 1. The standard InChI is InChI=1S/C13H15N5OS/c1-3-14-12-8-5-20-6-10(8)17-13(18-12)9-4-11(19-2)16-7-15-9/h4,7H,3,5-6H2,1-2H3,(H,14,17,18). The Morgan fingerprint density at radius 3 is 3.00 bits per heavy atom. The topological polar surface area (TPSA) is 72.8 Å². The van der Waals surface area contributed by atoms with Gasteiger partial charge in [-0.15, -0.1) is 0 Å². The second kappa shape index (κ2) is 5.62. The number of nitrogens with zero attached hydrogens (tertiary/aromatic N) is 4. The first-order chi connectivity index (χ1) is 9.81. The first-order valence-electron chi connectivity index (χ1n) is 6.39. The van der Waals surface area contributed by atoms with Gasteiger partial charge in [-0.3, -0.25) is 0 Å². The van der Waals surface area contributed by atoms with Gasteiger partial charge in [0.25, 0.3) is 0 Å². The van der Waals surface area contributed by atoms with Crippen LogP contribution in [-0.2, 0) is 11.5 Å². The minimum atomic E-state index is 0.512. The predicted molar refractivity (Wildman–Crippen MR) is 78.8 cm³/mol. The third kappa shape index (κ3) is 2.40. The molecule has 0 spiro atoms. The van der Waals surface area contributed by atoms with Crippen molar-refractivity contribution < 1.29 is 4.74 Å². The molecule has 0 amide bonds. The Balaban J connectivity index is 2.07. The SMILES string of the molecule is CCNc1nc(-c2cc(OC)ncn2)nc2c1CSC2. The van der Waals surface area contributed by atoms with Gasteiger partial charge in [-0.25, -0.2) is 19.9 Å². The van der Waals surface area contributed by atoms with Crippen LogP contribution in [0, 0.1) is 0 Å². The molecule has 7 heteroatoms. The second-order valence-corrected chi connectivity index (χ2v) is 5.28. The summed E-state index contributed by atoms with van der Waals surface area (Å²) in [6.07, 6.45) is 1.46. The molecule has 0 aliphatic carbocycles. The Hall–Kier alpha value is -1.89. The Kier molecular flexibility index (Phi) is 3.68. The predicted octanol–water partition coefficient (Wildman–Crippen LogP) is 2.12. The molecular formula is C13H15N5OS. The van der Waals surface area contributed by atoms with Crippen LogP contribution in [0.1, 0.15) is 18.2 Å². The summed E-state index contributed by atoms with van der Waals surface area (Å²) in [6.45, 7) is 2.89. The molecule has 104 valence electrons. The van der Waals surface area contributed by atoms with Gasteiger partial charge in [-0.05, 0) is 6.92 Å². The normalized spacial score (nSPS) is 13.1. The van der Waals surface area contributed by atoms with Crippen molar-refractivity contribution in [3.63, 3.8) is 0 Å². The van der Waals surface area contributed by atoms with Crippen molar-refractivity contribution in [3.8, 4) is 17.4 Å². The molecule has 20 heavy (non-hydrogen) atoms. The first kappa shape index (κ1) is 13.1. The lowest BCUT2D eigenvalue weighted by molar-refractivity contribution is 0.397. The van der Waals surface area contributed by atoms with Crippen LogP contribution in [-0.4, -0.2) is 33.6 Å². The summed E-state index contributed by atoms with van der Waals surface area (Å²) in [6, 6.07) is 1.75. The molecule has 6 nitrogen and oxygen atoms in total. The zero-order chi connectivity index (χ0) is 13.9. The molecule has 0 atom stereocenters. The lowest BCUT2D eigenvalue weighted by Crippen LogP contribution is -2.07. The number of nitrogens with one attached hydrogen (secondary N) is 1. The average Bonchev–Trinajstić information content (AvgIpc) is 2.96. The highest BCUT2D eigenvalue weighted by Crippen LogP contribution is 2.34. The van der Waals surface area contributed by atoms with Gasteiger partial charge >= 0.3 is 0 Å². The van der Waals surface area contributed by atoms with Crippen LogP contribution in [0.5, 0.6) is 5.88 Å². The molecule has 1 aliphatic heterocycles. The van der Waals surface area contributed by atoms with Gasteiger partial charge in [-0.1, -0.05) is 0 Å². The van der Waals surface area contributed by atoms with Crippen molar-refractivity contribution in [2.75, 3.05) is 19.0 Å². The molecule has 3 rings (SSSR count). The number of aromatic nitrogens is 4. The molecule has 0 unspecified atom stereocenters. The zero-order valence-electron chi connectivity index (χ0n) is 11.4. The summed E-state index contributed by atoms with van der Waals surface area (Å²) in [5.41, 5.74) is 2.98. The van der Waals surface area contributed by atoms with E-state index in [0.29, 0.717) is 17.4 Å². The Bertz CT molecular complexity index is 634. The van der Waals surface area contributed by atoms with Crippen LogP contribution in [0.3, 0.4) is 0 Å². The quantitative estimate of drug-likeness (QED) is 0.924. The van der Waals surface area contributed by atoms with Crippen LogP contribution in [0.4, 0.5) is 5.82 Å². The van der Waals surface area contributed by atoms with E-state index >= 15 is 0 Å². The molecule has 0 radical (unpaired) electrons. The molecule has 0 saturated carbocycles. The maximum Gasteiger partial charge on any atom is 0.216 e. The number of rotatable bonds is 4. The number of hydrogen-bond acceptors (Lipinski definition) is 7. The molecule has 3 heterocycles. The van der Waals surface area contributed by atoms with E-state index < -0.39 is 0 Å². The molecule has 0 fully saturated rings. The fraction of sp³-hybridized carbons (Fsp3) is 0.385. The summed E-state index contributed by atoms with van der Waals surface area (Å²) in [5, 5.41) is 3.31. The molecular weight excluding hydrogens is 274 g/mol. The monoisotopic (exact) mass is 289 g/mol. The van der Waals surface area contributed by atoms with Crippen molar-refractivity contribution in [1.29, 1.82) is 0 Å². The Morgan fingerprint density at radius 2 is 2.20 bits per heavy atom. The van der Waals surface area contributed by atoms with Crippen LogP contribution < -0.4 is 10.1 Å². The second-order valence-electron chi connectivity index (χ2n) is 4.29. The van der Waals surface area contributed by atoms with E-state index in [1.54, 1.807) is 13.2 Å². The molecule has 0 saturated heterocycles. The van der Waals surface area contributed by atoms with Crippen molar-refractivity contribution in [2.45, 2.75) is 18.4 Å². The van der Waals surface area contributed by atoms with Crippen LogP contribution in [0.15, 0.2) is 12.4 Å². The molecule has 2 aromatic heterocycles. The van der Waals surface area contributed by atoms with Crippen molar-refractivity contribution in [3.05, 3.63) is 23.7 Å². The summed E-state index contributed by atoms with van der Waals surface area (Å²) >= 11 is 1.85. The van der Waals surface area contributed by atoms with E-state index in [4.69, 9.17) is 4.74 Å². The Morgan fingerprint density at radius 1 is 1.30 bits per heavy atom. The molecule has 0 bridgehead atoms. The Labute approximate surface area is 121 Å². The number of fused-ring (bicyclic) bond motifs is 1. The average molecular weight is 289 g/mol. The number of hydrogen-bond donors (Lipinski definition) is 1. The van der Waals surface area contributed by atoms with Gasteiger partial charge in [0.15, 0.2) is 5.82 Å². The summed E-state index contributed by atoms with van der Waals surface area (Å²) in [7, 11) is 1.58. The van der Waals surface area contributed by atoms with Crippen LogP contribution in [0.2, 0.25) is 0 Å². The highest BCUT2D eigenvalue weighted by molar-refractivity contribution is 7.98. The molecule has 0 aromatic carbocycles. The lowest BCUT2D eigenvalue weighted by Gasteiger charge is -2.10. The van der Waals surface area contributed by atoms with Gasteiger partial charge < -0.3 is 10.1 Å². The highest BCUT2D eigenvalue weighted by Gasteiger charge is 2.20. The summed E-state index contributed by atoms with van der Waals surface area (Å²) < 4.78 is 5.12. The number of anilines is 1. The zero-order valence-corrected chi connectivity index (χ0v) is 12.2. The van der Waals surface area contributed by atoms with E-state index in [1.807, 2.05) is 11.8 Å². The van der Waals surface area contributed by atoms with Crippen molar-refractivity contribution in [2.24, 2.45) is 0 Å². The van der Waals surface area contributed by atoms with Gasteiger partial charge in [0.05, 0.1) is 12.8 Å². The minimum Gasteiger partial charge on any atom is -0.481 e. The third-order valence-electron chi connectivity index (χ3n) is 3.00. The number of methoxy groups -OCH3 is 1. The maximum atomic E-state index is 5.12. The van der Waals surface area contributed by atoms with Gasteiger partial charge in [0.2, 0.25) is 5.88 Å². The minimum absolute atomic E-state index is 0.512. The fourth-order valence-electron chi connectivity index (χ4n) is 2.05. The van der Waals surface area contributed by atoms with E-state index in [-0.39, 0.29) is 0 Å². The van der Waals surface area contributed by atoms with Crippen LogP contribution >= 0.6 is 11.8 Å².